The second kappa shape index (κ2) is 7.07. The molecule has 21 heavy (non-hydrogen) atoms. The van der Waals surface area contributed by atoms with Crippen LogP contribution in [0.15, 0.2) is 41.1 Å². The summed E-state index contributed by atoms with van der Waals surface area (Å²) in [7, 11) is 1.71. The lowest BCUT2D eigenvalue weighted by atomic mass is 9.99. The van der Waals surface area contributed by atoms with Crippen molar-refractivity contribution < 1.29 is 4.74 Å². The SMILES string of the molecule is COc1ccc(C(c2ccsc2)N2CCCNCC2)cc1. The Morgan fingerprint density at radius 2 is 1.95 bits per heavy atom. The zero-order valence-electron chi connectivity index (χ0n) is 12.4. The third kappa shape index (κ3) is 3.46. The maximum Gasteiger partial charge on any atom is 0.118 e. The van der Waals surface area contributed by atoms with E-state index in [4.69, 9.17) is 4.74 Å². The average Bonchev–Trinajstić information content (AvgIpc) is 2.91. The van der Waals surface area contributed by atoms with Crippen LogP contribution in [-0.4, -0.2) is 38.2 Å². The highest BCUT2D eigenvalue weighted by atomic mass is 32.1. The minimum Gasteiger partial charge on any atom is -0.497 e. The van der Waals surface area contributed by atoms with Crippen molar-refractivity contribution in [2.24, 2.45) is 0 Å². The fraction of sp³-hybridized carbons (Fsp3) is 0.412. The van der Waals surface area contributed by atoms with Gasteiger partial charge in [-0.3, -0.25) is 4.90 Å². The molecule has 4 heteroatoms. The zero-order chi connectivity index (χ0) is 14.5. The number of methoxy groups -OCH3 is 1. The summed E-state index contributed by atoms with van der Waals surface area (Å²) in [6, 6.07) is 11.1. The molecule has 0 bridgehead atoms. The van der Waals surface area contributed by atoms with E-state index in [1.165, 1.54) is 17.5 Å². The predicted molar refractivity (Wildman–Crippen MR) is 88.2 cm³/mol. The molecule has 3 nitrogen and oxygen atoms in total. The van der Waals surface area contributed by atoms with E-state index in [9.17, 15) is 0 Å². The highest BCUT2D eigenvalue weighted by Gasteiger charge is 2.23. The van der Waals surface area contributed by atoms with Gasteiger partial charge in [-0.25, -0.2) is 0 Å². The van der Waals surface area contributed by atoms with Crippen LogP contribution in [0.2, 0.25) is 0 Å². The average molecular weight is 302 g/mol. The minimum absolute atomic E-state index is 0.349. The van der Waals surface area contributed by atoms with Crippen LogP contribution < -0.4 is 10.1 Å². The molecule has 0 amide bonds. The lowest BCUT2D eigenvalue weighted by molar-refractivity contribution is 0.241. The van der Waals surface area contributed by atoms with Gasteiger partial charge in [-0.15, -0.1) is 0 Å². The number of nitrogens with one attached hydrogen (secondary N) is 1. The van der Waals surface area contributed by atoms with Crippen molar-refractivity contribution in [1.82, 2.24) is 10.2 Å². The topological polar surface area (TPSA) is 24.5 Å². The molecule has 112 valence electrons. The molecule has 1 aromatic carbocycles. The first-order valence-electron chi connectivity index (χ1n) is 7.49. The van der Waals surface area contributed by atoms with E-state index < -0.39 is 0 Å². The first-order valence-corrected chi connectivity index (χ1v) is 8.43. The summed E-state index contributed by atoms with van der Waals surface area (Å²) in [6.45, 7) is 4.42. The largest absolute Gasteiger partial charge is 0.497 e. The summed E-state index contributed by atoms with van der Waals surface area (Å²) in [5, 5.41) is 7.93. The molecule has 0 saturated carbocycles. The molecule has 1 saturated heterocycles. The summed E-state index contributed by atoms with van der Waals surface area (Å²) in [4.78, 5) is 2.59. The third-order valence-electron chi connectivity index (χ3n) is 4.03. The lowest BCUT2D eigenvalue weighted by Gasteiger charge is -2.30. The standard InChI is InChI=1S/C17H22N2OS/c1-20-16-5-3-14(4-6-16)17(15-7-12-21-13-15)19-10-2-8-18-9-11-19/h3-7,12-13,17-18H,2,8-11H2,1H3. The molecule has 0 spiro atoms. The Kier molecular flexibility index (Phi) is 4.91. The number of nitrogens with zero attached hydrogens (tertiary/aromatic N) is 1. The van der Waals surface area contributed by atoms with Crippen molar-refractivity contribution in [3.63, 3.8) is 0 Å². The molecule has 1 fully saturated rings. The maximum atomic E-state index is 5.28. The van der Waals surface area contributed by atoms with Gasteiger partial charge in [0.1, 0.15) is 5.75 Å². The zero-order valence-corrected chi connectivity index (χ0v) is 13.2. The van der Waals surface area contributed by atoms with Gasteiger partial charge in [0.15, 0.2) is 0 Å². The Hall–Kier alpha value is -1.36. The van der Waals surface area contributed by atoms with Gasteiger partial charge in [-0.1, -0.05) is 12.1 Å². The fourth-order valence-electron chi connectivity index (χ4n) is 2.96. The molecule has 1 N–H and O–H groups in total. The van der Waals surface area contributed by atoms with Crippen molar-refractivity contribution in [3.8, 4) is 5.75 Å². The number of hydrogen-bond donors (Lipinski definition) is 1. The summed E-state index contributed by atoms with van der Waals surface area (Å²) in [5.74, 6) is 0.917. The van der Waals surface area contributed by atoms with Gasteiger partial charge in [-0.2, -0.15) is 11.3 Å². The van der Waals surface area contributed by atoms with Gasteiger partial charge < -0.3 is 10.1 Å². The highest BCUT2D eigenvalue weighted by Crippen LogP contribution is 2.31. The summed E-state index contributed by atoms with van der Waals surface area (Å²) >= 11 is 1.77. The van der Waals surface area contributed by atoms with E-state index in [2.05, 4.69) is 51.3 Å². The van der Waals surface area contributed by atoms with Crippen LogP contribution in [0, 0.1) is 0 Å². The van der Waals surface area contributed by atoms with Crippen molar-refractivity contribution in [2.45, 2.75) is 12.5 Å². The first-order chi connectivity index (χ1) is 10.4. The number of ether oxygens (including phenoxy) is 1. The van der Waals surface area contributed by atoms with Crippen LogP contribution in [0.1, 0.15) is 23.6 Å². The number of hydrogen-bond acceptors (Lipinski definition) is 4. The second-order valence-corrected chi connectivity index (χ2v) is 6.15. The molecule has 1 atom stereocenters. The van der Waals surface area contributed by atoms with E-state index >= 15 is 0 Å². The van der Waals surface area contributed by atoms with Crippen LogP contribution in [0.5, 0.6) is 5.75 Å². The van der Waals surface area contributed by atoms with E-state index in [-0.39, 0.29) is 0 Å². The Balaban J connectivity index is 1.91. The fourth-order valence-corrected chi connectivity index (χ4v) is 3.63. The number of thiophene rings is 1. The third-order valence-corrected chi connectivity index (χ3v) is 4.73. The normalized spacial score (nSPS) is 18.1. The van der Waals surface area contributed by atoms with Gasteiger partial charge in [0.05, 0.1) is 13.2 Å². The smallest absolute Gasteiger partial charge is 0.118 e. The molecule has 0 aliphatic carbocycles. The van der Waals surface area contributed by atoms with Crippen molar-refractivity contribution >= 4 is 11.3 Å². The number of rotatable bonds is 4. The second-order valence-electron chi connectivity index (χ2n) is 5.37. The molecule has 1 aromatic heterocycles. The molecule has 1 aliphatic rings. The van der Waals surface area contributed by atoms with E-state index in [0.717, 1.165) is 31.9 Å². The van der Waals surface area contributed by atoms with E-state index in [1.807, 2.05) is 0 Å². The van der Waals surface area contributed by atoms with Crippen LogP contribution in [0.25, 0.3) is 0 Å². The van der Waals surface area contributed by atoms with Crippen LogP contribution in [0.4, 0.5) is 0 Å². The molecule has 2 heterocycles. The van der Waals surface area contributed by atoms with Crippen molar-refractivity contribution in [1.29, 1.82) is 0 Å². The van der Waals surface area contributed by atoms with Gasteiger partial charge in [0, 0.05) is 19.6 Å². The van der Waals surface area contributed by atoms with Gasteiger partial charge in [0.2, 0.25) is 0 Å². The van der Waals surface area contributed by atoms with Crippen LogP contribution in [0.3, 0.4) is 0 Å². The first kappa shape index (κ1) is 14.6. The highest BCUT2D eigenvalue weighted by molar-refractivity contribution is 7.08. The van der Waals surface area contributed by atoms with Crippen LogP contribution >= 0.6 is 11.3 Å². The molecule has 1 unspecified atom stereocenters. The van der Waals surface area contributed by atoms with E-state index in [1.54, 1.807) is 18.4 Å². The molecule has 0 radical (unpaired) electrons. The van der Waals surface area contributed by atoms with Crippen molar-refractivity contribution in [3.05, 3.63) is 52.2 Å². The summed E-state index contributed by atoms with van der Waals surface area (Å²) in [5.41, 5.74) is 2.74. The molecule has 2 aromatic rings. The Bertz CT molecular complexity index is 530. The molecule has 3 rings (SSSR count). The Morgan fingerprint density at radius 3 is 2.67 bits per heavy atom. The van der Waals surface area contributed by atoms with Gasteiger partial charge in [-0.05, 0) is 53.1 Å². The quantitative estimate of drug-likeness (QED) is 0.939. The Labute approximate surface area is 130 Å². The van der Waals surface area contributed by atoms with Crippen molar-refractivity contribution in [2.75, 3.05) is 33.3 Å². The summed E-state index contributed by atoms with van der Waals surface area (Å²) < 4.78 is 5.28. The monoisotopic (exact) mass is 302 g/mol. The molecule has 1 aliphatic heterocycles. The van der Waals surface area contributed by atoms with Crippen LogP contribution in [-0.2, 0) is 0 Å². The lowest BCUT2D eigenvalue weighted by Crippen LogP contribution is -2.32. The maximum absolute atomic E-state index is 5.28. The Morgan fingerprint density at radius 1 is 1.10 bits per heavy atom. The summed E-state index contributed by atoms with van der Waals surface area (Å²) in [6.07, 6.45) is 1.21. The predicted octanol–water partition coefficient (Wildman–Crippen LogP) is 3.14. The number of benzene rings is 1. The van der Waals surface area contributed by atoms with Gasteiger partial charge >= 0.3 is 0 Å². The molecular formula is C17H22N2OS. The van der Waals surface area contributed by atoms with E-state index in [0.29, 0.717) is 6.04 Å². The minimum atomic E-state index is 0.349. The van der Waals surface area contributed by atoms with Gasteiger partial charge in [0.25, 0.3) is 0 Å². The molecular weight excluding hydrogens is 280 g/mol.